The minimum Gasteiger partial charge on any atom is -0.504 e. The number of Topliss-reactive ketones (excluding diaryl/α,β-unsaturated/α-hetero) is 1. The number of phenolic OH excluding ortho intramolecular Hbond substituents is 1. The predicted molar refractivity (Wildman–Crippen MR) is 129 cm³/mol. The second-order valence-electron chi connectivity index (χ2n) is 9.73. The maximum Gasteiger partial charge on any atom is 0.336 e. The number of esters is 1. The summed E-state index contributed by atoms with van der Waals surface area (Å²) in [6, 6.07) is 14.8. The molecule has 1 aliphatic carbocycles. The lowest BCUT2D eigenvalue weighted by atomic mass is 9.68. The van der Waals surface area contributed by atoms with Gasteiger partial charge in [0.25, 0.3) is 0 Å². The fourth-order valence-corrected chi connectivity index (χ4v) is 4.91. The lowest BCUT2D eigenvalue weighted by Crippen LogP contribution is -2.38. The molecule has 0 saturated carbocycles. The highest BCUT2D eigenvalue weighted by Gasteiger charge is 2.43. The third-order valence-corrected chi connectivity index (χ3v) is 6.46. The van der Waals surface area contributed by atoms with Crippen LogP contribution in [0, 0.1) is 5.41 Å². The number of methoxy groups -OCH3 is 1. The van der Waals surface area contributed by atoms with Crippen molar-refractivity contribution in [3.8, 4) is 11.5 Å². The Labute approximate surface area is 200 Å². The van der Waals surface area contributed by atoms with Crippen molar-refractivity contribution in [3.63, 3.8) is 0 Å². The van der Waals surface area contributed by atoms with E-state index in [-0.39, 0.29) is 23.6 Å². The molecule has 0 saturated heterocycles. The zero-order valence-corrected chi connectivity index (χ0v) is 20.1. The van der Waals surface area contributed by atoms with E-state index in [4.69, 9.17) is 9.47 Å². The molecule has 0 aromatic heterocycles. The van der Waals surface area contributed by atoms with Gasteiger partial charge in [0.15, 0.2) is 17.3 Å². The molecule has 0 amide bonds. The number of rotatable bonds is 6. The van der Waals surface area contributed by atoms with Crippen molar-refractivity contribution in [1.29, 1.82) is 0 Å². The molecule has 0 fully saturated rings. The first-order valence-electron chi connectivity index (χ1n) is 11.5. The standard InChI is InChI=1S/C28H31NO5/c1-17-24(27(32)34-13-12-18-8-6-5-7-9-18)25(19-10-11-23(33-4)21(30)14-19)26-20(29-17)15-28(2,3)16-22(26)31/h5-11,14,25,29-30H,12-13,15-16H2,1-4H3/t25-/m1/s1. The Balaban J connectivity index is 1.69. The van der Waals surface area contributed by atoms with Gasteiger partial charge in [-0.15, -0.1) is 0 Å². The normalized spacial score (nSPS) is 19.4. The van der Waals surface area contributed by atoms with Crippen LogP contribution in [0.15, 0.2) is 71.1 Å². The monoisotopic (exact) mass is 461 g/mol. The molecule has 2 aliphatic rings. The lowest BCUT2D eigenvalue weighted by Gasteiger charge is -2.39. The summed E-state index contributed by atoms with van der Waals surface area (Å²) in [5.41, 5.74) is 4.01. The molecule has 4 rings (SSSR count). The van der Waals surface area contributed by atoms with Crippen molar-refractivity contribution in [2.24, 2.45) is 5.41 Å². The smallest absolute Gasteiger partial charge is 0.336 e. The Morgan fingerprint density at radius 3 is 2.56 bits per heavy atom. The van der Waals surface area contributed by atoms with Crippen molar-refractivity contribution in [1.82, 2.24) is 5.32 Å². The van der Waals surface area contributed by atoms with Gasteiger partial charge in [-0.1, -0.05) is 50.2 Å². The number of allylic oxidation sites excluding steroid dienone is 3. The number of hydrogen-bond acceptors (Lipinski definition) is 6. The van der Waals surface area contributed by atoms with Gasteiger partial charge in [0, 0.05) is 35.7 Å². The van der Waals surface area contributed by atoms with Crippen LogP contribution in [0.5, 0.6) is 11.5 Å². The van der Waals surface area contributed by atoms with Crippen molar-refractivity contribution < 1.29 is 24.2 Å². The van der Waals surface area contributed by atoms with Crippen molar-refractivity contribution in [2.45, 2.75) is 46.0 Å². The number of ether oxygens (including phenoxy) is 2. The van der Waals surface area contributed by atoms with E-state index in [1.807, 2.05) is 37.3 Å². The van der Waals surface area contributed by atoms with Gasteiger partial charge < -0.3 is 19.9 Å². The van der Waals surface area contributed by atoms with E-state index in [0.29, 0.717) is 47.4 Å². The Bertz CT molecular complexity index is 1180. The molecule has 178 valence electrons. The van der Waals surface area contributed by atoms with Gasteiger partial charge in [0.05, 0.1) is 19.3 Å². The second kappa shape index (κ2) is 9.37. The number of ketones is 1. The average Bonchev–Trinajstić information content (AvgIpc) is 2.77. The van der Waals surface area contributed by atoms with Gasteiger partial charge in [-0.05, 0) is 42.0 Å². The Morgan fingerprint density at radius 1 is 1.15 bits per heavy atom. The highest BCUT2D eigenvalue weighted by molar-refractivity contribution is 6.04. The number of hydrogen-bond donors (Lipinski definition) is 2. The first-order chi connectivity index (χ1) is 16.2. The van der Waals surface area contributed by atoms with E-state index in [1.165, 1.54) is 7.11 Å². The number of benzene rings is 2. The minimum atomic E-state index is -0.624. The van der Waals surface area contributed by atoms with E-state index < -0.39 is 11.9 Å². The third kappa shape index (κ3) is 4.72. The average molecular weight is 462 g/mol. The van der Waals surface area contributed by atoms with Gasteiger partial charge in [0.2, 0.25) is 0 Å². The van der Waals surface area contributed by atoms with Gasteiger partial charge in [-0.25, -0.2) is 4.79 Å². The van der Waals surface area contributed by atoms with E-state index in [9.17, 15) is 14.7 Å². The first-order valence-corrected chi connectivity index (χ1v) is 11.5. The Morgan fingerprint density at radius 2 is 1.88 bits per heavy atom. The van der Waals surface area contributed by atoms with Crippen LogP contribution in [0.4, 0.5) is 0 Å². The van der Waals surface area contributed by atoms with E-state index in [1.54, 1.807) is 18.2 Å². The molecule has 0 bridgehead atoms. The summed E-state index contributed by atoms with van der Waals surface area (Å²) in [7, 11) is 1.48. The molecule has 2 aromatic carbocycles. The summed E-state index contributed by atoms with van der Waals surface area (Å²) in [5, 5.41) is 13.8. The van der Waals surface area contributed by atoms with Crippen LogP contribution in [-0.4, -0.2) is 30.6 Å². The highest BCUT2D eigenvalue weighted by atomic mass is 16.5. The molecular weight excluding hydrogens is 430 g/mol. The Kier molecular flexibility index (Phi) is 6.51. The topological polar surface area (TPSA) is 84.9 Å². The molecule has 1 aliphatic heterocycles. The van der Waals surface area contributed by atoms with Crippen LogP contribution in [-0.2, 0) is 20.7 Å². The zero-order chi connectivity index (χ0) is 24.5. The fraction of sp³-hybridized carbons (Fsp3) is 0.357. The van der Waals surface area contributed by atoms with Crippen LogP contribution >= 0.6 is 0 Å². The largest absolute Gasteiger partial charge is 0.504 e. The Hall–Kier alpha value is -3.54. The first kappa shape index (κ1) is 23.6. The van der Waals surface area contributed by atoms with Gasteiger partial charge in [-0.3, -0.25) is 4.79 Å². The molecule has 6 nitrogen and oxygen atoms in total. The lowest BCUT2D eigenvalue weighted by molar-refractivity contribution is -0.139. The molecule has 1 atom stereocenters. The SMILES string of the molecule is COc1ccc([C@@H]2C(C(=O)OCCc3ccccc3)=C(C)NC3=C2C(=O)CC(C)(C)C3)cc1O. The van der Waals surface area contributed by atoms with Crippen molar-refractivity contribution in [2.75, 3.05) is 13.7 Å². The number of phenols is 1. The van der Waals surface area contributed by atoms with Gasteiger partial charge >= 0.3 is 5.97 Å². The molecule has 2 N–H and O–H groups in total. The van der Waals surface area contributed by atoms with E-state index in [2.05, 4.69) is 19.2 Å². The number of aromatic hydroxyl groups is 1. The minimum absolute atomic E-state index is 0.00106. The van der Waals surface area contributed by atoms with Gasteiger partial charge in [0.1, 0.15) is 0 Å². The second-order valence-corrected chi connectivity index (χ2v) is 9.73. The van der Waals surface area contributed by atoms with Crippen LogP contribution in [0.3, 0.4) is 0 Å². The highest BCUT2D eigenvalue weighted by Crippen LogP contribution is 2.47. The van der Waals surface area contributed by atoms with E-state index >= 15 is 0 Å². The third-order valence-electron chi connectivity index (χ3n) is 6.46. The molecule has 0 spiro atoms. The summed E-state index contributed by atoms with van der Waals surface area (Å²) < 4.78 is 10.9. The quantitative estimate of drug-likeness (QED) is 0.602. The zero-order valence-electron chi connectivity index (χ0n) is 20.1. The number of carbonyl (C=O) groups excluding carboxylic acids is 2. The van der Waals surface area contributed by atoms with Crippen molar-refractivity contribution in [3.05, 3.63) is 82.2 Å². The molecule has 2 aromatic rings. The molecule has 6 heteroatoms. The summed E-state index contributed by atoms with van der Waals surface area (Å²) in [5.74, 6) is -0.804. The molecule has 1 heterocycles. The molecule has 0 unspecified atom stereocenters. The summed E-state index contributed by atoms with van der Waals surface area (Å²) in [4.78, 5) is 26.7. The number of dihydropyridines is 1. The van der Waals surface area contributed by atoms with Gasteiger partial charge in [-0.2, -0.15) is 0 Å². The maximum absolute atomic E-state index is 13.4. The van der Waals surface area contributed by atoms with Crippen LogP contribution in [0.2, 0.25) is 0 Å². The number of nitrogens with one attached hydrogen (secondary N) is 1. The molecule has 34 heavy (non-hydrogen) atoms. The van der Waals surface area contributed by atoms with Crippen LogP contribution < -0.4 is 10.1 Å². The molecular formula is C28H31NO5. The maximum atomic E-state index is 13.4. The summed E-state index contributed by atoms with van der Waals surface area (Å²) in [6.45, 7) is 6.20. The predicted octanol–water partition coefficient (Wildman–Crippen LogP) is 4.79. The number of carbonyl (C=O) groups is 2. The van der Waals surface area contributed by atoms with Crippen LogP contribution in [0.1, 0.15) is 50.7 Å². The van der Waals surface area contributed by atoms with Crippen LogP contribution in [0.25, 0.3) is 0 Å². The molecule has 0 radical (unpaired) electrons. The fourth-order valence-electron chi connectivity index (χ4n) is 4.91. The van der Waals surface area contributed by atoms with Crippen molar-refractivity contribution >= 4 is 11.8 Å². The summed E-state index contributed by atoms with van der Waals surface area (Å²) >= 11 is 0. The summed E-state index contributed by atoms with van der Waals surface area (Å²) in [6.07, 6.45) is 1.68. The van der Waals surface area contributed by atoms with E-state index in [0.717, 1.165) is 11.3 Å².